The first-order valence-electron chi connectivity index (χ1n) is 9.68. The van der Waals surface area contributed by atoms with Crippen LogP contribution in [0.5, 0.6) is 0 Å². The molecule has 0 N–H and O–H groups in total. The van der Waals surface area contributed by atoms with Gasteiger partial charge < -0.3 is 4.90 Å². The Morgan fingerprint density at radius 2 is 1.85 bits per heavy atom. The molecule has 1 aliphatic heterocycles. The van der Waals surface area contributed by atoms with Crippen molar-refractivity contribution in [3.05, 3.63) is 48.5 Å². The molecule has 0 bridgehead atoms. The summed E-state index contributed by atoms with van der Waals surface area (Å²) in [5, 5.41) is 0. The minimum atomic E-state index is -3.35. The molecule has 0 aliphatic carbocycles. The molecule has 0 aromatic heterocycles. The average molecular weight is 404 g/mol. The Hall–Kier alpha value is -1.46. The lowest BCUT2D eigenvalue weighted by atomic mass is 9.81. The lowest BCUT2D eigenvalue weighted by Crippen LogP contribution is -2.37. The van der Waals surface area contributed by atoms with E-state index in [0.717, 1.165) is 48.5 Å². The van der Waals surface area contributed by atoms with Crippen LogP contribution in [0.3, 0.4) is 0 Å². The Morgan fingerprint density at radius 1 is 1.11 bits per heavy atom. The van der Waals surface area contributed by atoms with Gasteiger partial charge in [0.15, 0.2) is 9.84 Å². The molecule has 1 unspecified atom stereocenters. The van der Waals surface area contributed by atoms with Gasteiger partial charge in [0.1, 0.15) is 0 Å². The van der Waals surface area contributed by atoms with E-state index < -0.39 is 9.84 Å². The number of unbranched alkanes of at least 4 members (excludes halogenated alkanes) is 1. The van der Waals surface area contributed by atoms with E-state index in [1.165, 1.54) is 0 Å². The van der Waals surface area contributed by atoms with Crippen molar-refractivity contribution in [3.8, 4) is 0 Å². The summed E-state index contributed by atoms with van der Waals surface area (Å²) >= 11 is 1.64. The van der Waals surface area contributed by atoms with E-state index in [1.54, 1.807) is 17.8 Å². The van der Waals surface area contributed by atoms with E-state index in [9.17, 15) is 8.42 Å². The van der Waals surface area contributed by atoms with Gasteiger partial charge in [-0.1, -0.05) is 44.9 Å². The zero-order chi connectivity index (χ0) is 19.5. The van der Waals surface area contributed by atoms with Crippen molar-refractivity contribution >= 4 is 33.0 Å². The first kappa shape index (κ1) is 20.3. The van der Waals surface area contributed by atoms with Crippen LogP contribution in [-0.2, 0) is 9.84 Å². The molecule has 0 spiro atoms. The molecule has 0 radical (unpaired) electrons. The molecule has 1 heterocycles. The largest absolute Gasteiger partial charge is 0.340 e. The van der Waals surface area contributed by atoms with Crippen LogP contribution in [0.25, 0.3) is 0 Å². The number of sulfone groups is 1. The Bertz CT molecular complexity index is 880. The Kier molecular flexibility index (Phi) is 6.21. The molecule has 0 fully saturated rings. The minimum absolute atomic E-state index is 0.228. The maximum absolute atomic E-state index is 13.4. The summed E-state index contributed by atoms with van der Waals surface area (Å²) in [6.07, 6.45) is 5.96. The standard InChI is InChI=1S/C22H29NO2S2/c1-4-6-14-22(5-2)16-23(18-10-8-7-9-11-18)20-15-19(26-3)12-13-21(20)27(24,25)17-22/h7-13,15H,4-6,14,16-17H2,1-3H3. The third kappa shape index (κ3) is 4.19. The fourth-order valence-electron chi connectivity index (χ4n) is 3.98. The molecule has 1 aliphatic rings. The summed E-state index contributed by atoms with van der Waals surface area (Å²) in [6.45, 7) is 5.04. The summed E-state index contributed by atoms with van der Waals surface area (Å²) in [5.41, 5.74) is 1.65. The van der Waals surface area contributed by atoms with Gasteiger partial charge >= 0.3 is 0 Å². The van der Waals surface area contributed by atoms with Crippen molar-refractivity contribution < 1.29 is 8.42 Å². The van der Waals surface area contributed by atoms with Gasteiger partial charge in [0.2, 0.25) is 0 Å². The van der Waals surface area contributed by atoms with Crippen LogP contribution in [0.15, 0.2) is 58.3 Å². The molecule has 2 aromatic carbocycles. The van der Waals surface area contributed by atoms with Gasteiger partial charge in [0.05, 0.1) is 16.3 Å². The van der Waals surface area contributed by atoms with E-state index in [2.05, 4.69) is 30.9 Å². The van der Waals surface area contributed by atoms with Crippen molar-refractivity contribution in [1.82, 2.24) is 0 Å². The lowest BCUT2D eigenvalue weighted by molar-refractivity contribution is 0.290. The highest BCUT2D eigenvalue weighted by molar-refractivity contribution is 7.98. The third-order valence-electron chi connectivity index (χ3n) is 5.66. The van der Waals surface area contributed by atoms with Gasteiger partial charge in [0.25, 0.3) is 0 Å². The van der Waals surface area contributed by atoms with Crippen molar-refractivity contribution in [1.29, 1.82) is 0 Å². The SMILES string of the molecule is CCCCC1(CC)CN(c2ccccc2)c2cc(SC)ccc2S(=O)(=O)C1. The summed E-state index contributed by atoms with van der Waals surface area (Å²) in [5.74, 6) is 0.228. The van der Waals surface area contributed by atoms with E-state index in [4.69, 9.17) is 0 Å². The zero-order valence-corrected chi connectivity index (χ0v) is 18.1. The summed E-state index contributed by atoms with van der Waals surface area (Å²) in [7, 11) is -3.35. The molecule has 27 heavy (non-hydrogen) atoms. The summed E-state index contributed by atoms with van der Waals surface area (Å²) < 4.78 is 26.7. The Balaban J connectivity index is 2.21. The van der Waals surface area contributed by atoms with E-state index in [-0.39, 0.29) is 11.2 Å². The maximum Gasteiger partial charge on any atom is 0.181 e. The molecule has 5 heteroatoms. The number of nitrogens with zero attached hydrogens (tertiary/aromatic N) is 1. The summed E-state index contributed by atoms with van der Waals surface area (Å²) in [4.78, 5) is 3.79. The highest BCUT2D eigenvalue weighted by atomic mass is 32.2. The average Bonchev–Trinajstić information content (AvgIpc) is 2.79. The number of hydrogen-bond acceptors (Lipinski definition) is 4. The van der Waals surface area contributed by atoms with Crippen molar-refractivity contribution in [2.75, 3.05) is 23.5 Å². The van der Waals surface area contributed by atoms with Crippen LogP contribution < -0.4 is 4.90 Å². The van der Waals surface area contributed by atoms with Crippen LogP contribution in [0.2, 0.25) is 0 Å². The fraction of sp³-hybridized carbons (Fsp3) is 0.455. The molecule has 0 amide bonds. The highest BCUT2D eigenvalue weighted by Gasteiger charge is 2.41. The first-order valence-corrected chi connectivity index (χ1v) is 12.6. The molecule has 1 atom stereocenters. The topological polar surface area (TPSA) is 37.4 Å². The number of anilines is 2. The van der Waals surface area contributed by atoms with Crippen molar-refractivity contribution in [2.45, 2.75) is 49.3 Å². The highest BCUT2D eigenvalue weighted by Crippen LogP contribution is 2.44. The maximum atomic E-state index is 13.4. The first-order chi connectivity index (χ1) is 12.9. The molecule has 0 saturated heterocycles. The number of thioether (sulfide) groups is 1. The molecular weight excluding hydrogens is 374 g/mol. The minimum Gasteiger partial charge on any atom is -0.340 e. The predicted octanol–water partition coefficient (Wildman–Crippen LogP) is 5.92. The third-order valence-corrected chi connectivity index (χ3v) is 8.39. The zero-order valence-electron chi connectivity index (χ0n) is 16.4. The number of benzene rings is 2. The van der Waals surface area contributed by atoms with Gasteiger partial charge in [-0.2, -0.15) is 0 Å². The Labute approximate surface area is 168 Å². The van der Waals surface area contributed by atoms with Crippen LogP contribution in [0.1, 0.15) is 39.5 Å². The molecule has 146 valence electrons. The van der Waals surface area contributed by atoms with Gasteiger partial charge in [0, 0.05) is 22.5 Å². The van der Waals surface area contributed by atoms with Crippen molar-refractivity contribution in [3.63, 3.8) is 0 Å². The quantitative estimate of drug-likeness (QED) is 0.561. The number of para-hydroxylation sites is 1. The van der Waals surface area contributed by atoms with E-state index >= 15 is 0 Å². The number of fused-ring (bicyclic) bond motifs is 1. The van der Waals surface area contributed by atoms with Crippen LogP contribution in [0, 0.1) is 5.41 Å². The lowest BCUT2D eigenvalue weighted by Gasteiger charge is -2.36. The van der Waals surface area contributed by atoms with Crippen LogP contribution in [0.4, 0.5) is 11.4 Å². The van der Waals surface area contributed by atoms with Crippen LogP contribution >= 0.6 is 11.8 Å². The van der Waals surface area contributed by atoms with Gasteiger partial charge in [-0.25, -0.2) is 8.42 Å². The second-order valence-electron chi connectivity index (χ2n) is 7.47. The van der Waals surface area contributed by atoms with Gasteiger partial charge in [-0.15, -0.1) is 11.8 Å². The predicted molar refractivity (Wildman–Crippen MR) is 116 cm³/mol. The smallest absolute Gasteiger partial charge is 0.181 e. The number of hydrogen-bond donors (Lipinski definition) is 0. The molecule has 3 nitrogen and oxygen atoms in total. The fourth-order valence-corrected chi connectivity index (χ4v) is 6.58. The van der Waals surface area contributed by atoms with Gasteiger partial charge in [-0.05, 0) is 49.4 Å². The molecule has 3 rings (SSSR count). The van der Waals surface area contributed by atoms with Crippen LogP contribution in [-0.4, -0.2) is 27.0 Å². The normalized spacial score (nSPS) is 21.5. The molecule has 2 aromatic rings. The second kappa shape index (κ2) is 8.27. The molecular formula is C22H29NO2S2. The second-order valence-corrected chi connectivity index (χ2v) is 10.3. The van der Waals surface area contributed by atoms with Crippen molar-refractivity contribution in [2.24, 2.45) is 5.41 Å². The summed E-state index contributed by atoms with van der Waals surface area (Å²) in [6, 6.07) is 16.0. The Morgan fingerprint density at radius 3 is 2.48 bits per heavy atom. The number of rotatable bonds is 6. The van der Waals surface area contributed by atoms with E-state index in [1.807, 2.05) is 36.6 Å². The van der Waals surface area contributed by atoms with Gasteiger partial charge in [-0.3, -0.25) is 0 Å². The van der Waals surface area contributed by atoms with E-state index in [0.29, 0.717) is 4.90 Å². The monoisotopic (exact) mass is 403 g/mol. The molecule has 0 saturated carbocycles.